The first kappa shape index (κ1) is 15.1. The van der Waals surface area contributed by atoms with Crippen molar-refractivity contribution in [3.05, 3.63) is 29.8 Å². The van der Waals surface area contributed by atoms with Gasteiger partial charge in [0.25, 0.3) is 0 Å². The predicted octanol–water partition coefficient (Wildman–Crippen LogP) is 1.39. The van der Waals surface area contributed by atoms with Crippen molar-refractivity contribution in [2.75, 3.05) is 32.6 Å². The maximum Gasteiger partial charge on any atom is 0.179 e. The number of sulfone groups is 1. The van der Waals surface area contributed by atoms with Gasteiger partial charge in [-0.15, -0.1) is 0 Å². The van der Waals surface area contributed by atoms with E-state index in [0.717, 1.165) is 18.5 Å². The molecular formula is C13H21NO3S. The molecule has 1 aromatic rings. The first-order chi connectivity index (χ1) is 8.56. The van der Waals surface area contributed by atoms with Gasteiger partial charge in [-0.2, -0.15) is 0 Å². The lowest BCUT2D eigenvalue weighted by Crippen LogP contribution is -2.24. The first-order valence-electron chi connectivity index (χ1n) is 6.05. The molecule has 18 heavy (non-hydrogen) atoms. The summed E-state index contributed by atoms with van der Waals surface area (Å²) in [6, 6.07) is 6.96. The highest BCUT2D eigenvalue weighted by atomic mass is 32.2. The minimum Gasteiger partial charge on any atom is -0.385 e. The zero-order valence-corrected chi connectivity index (χ0v) is 11.8. The van der Waals surface area contributed by atoms with E-state index in [1.165, 1.54) is 0 Å². The first-order valence-corrected chi connectivity index (χ1v) is 7.70. The van der Waals surface area contributed by atoms with Crippen LogP contribution in [0.25, 0.3) is 0 Å². The number of nitrogens with one attached hydrogen (secondary N) is 1. The molecule has 102 valence electrons. The molecule has 5 heteroatoms. The molecule has 0 bridgehead atoms. The molecule has 0 saturated heterocycles. The molecule has 0 amide bonds. The number of benzene rings is 1. The van der Waals surface area contributed by atoms with Gasteiger partial charge >= 0.3 is 0 Å². The van der Waals surface area contributed by atoms with E-state index in [4.69, 9.17) is 4.74 Å². The molecule has 1 aromatic carbocycles. The van der Waals surface area contributed by atoms with Crippen molar-refractivity contribution in [3.8, 4) is 0 Å². The van der Waals surface area contributed by atoms with E-state index in [1.807, 2.05) is 19.1 Å². The molecule has 0 fully saturated rings. The lowest BCUT2D eigenvalue weighted by molar-refractivity contribution is 0.194. The highest BCUT2D eigenvalue weighted by molar-refractivity contribution is 7.91. The van der Waals surface area contributed by atoms with Gasteiger partial charge in [0.05, 0.1) is 10.6 Å². The summed E-state index contributed by atoms with van der Waals surface area (Å²) in [5, 5.41) is 3.10. The molecule has 1 rings (SSSR count). The van der Waals surface area contributed by atoms with E-state index in [2.05, 4.69) is 5.32 Å². The maximum absolute atomic E-state index is 12.0. The van der Waals surface area contributed by atoms with Crippen molar-refractivity contribution in [3.63, 3.8) is 0 Å². The van der Waals surface area contributed by atoms with Crippen molar-refractivity contribution in [2.45, 2.75) is 18.2 Å². The van der Waals surface area contributed by atoms with Crippen molar-refractivity contribution in [1.82, 2.24) is 5.32 Å². The summed E-state index contributed by atoms with van der Waals surface area (Å²) >= 11 is 0. The summed E-state index contributed by atoms with van der Waals surface area (Å²) in [5.74, 6) is 0.128. The Morgan fingerprint density at radius 2 is 1.83 bits per heavy atom. The average molecular weight is 271 g/mol. The van der Waals surface area contributed by atoms with Crippen LogP contribution in [0.3, 0.4) is 0 Å². The molecular weight excluding hydrogens is 250 g/mol. The quantitative estimate of drug-likeness (QED) is 0.726. The predicted molar refractivity (Wildman–Crippen MR) is 72.6 cm³/mol. The Kier molecular flexibility index (Phi) is 6.32. The van der Waals surface area contributed by atoms with Gasteiger partial charge in [0.15, 0.2) is 9.84 Å². The summed E-state index contributed by atoms with van der Waals surface area (Å²) in [6.07, 6.45) is 0.890. The smallest absolute Gasteiger partial charge is 0.179 e. The minimum atomic E-state index is -3.16. The van der Waals surface area contributed by atoms with Crippen LogP contribution in [0.4, 0.5) is 0 Å². The number of aryl methyl sites for hydroxylation is 1. The average Bonchev–Trinajstić information content (AvgIpc) is 2.34. The van der Waals surface area contributed by atoms with Crippen LogP contribution in [0, 0.1) is 6.92 Å². The molecule has 0 aliphatic carbocycles. The fraction of sp³-hybridized carbons (Fsp3) is 0.538. The highest BCUT2D eigenvalue weighted by Crippen LogP contribution is 2.11. The standard InChI is InChI=1S/C13H21NO3S/c1-12-4-6-13(7-5-12)18(15,16)11-9-14-8-3-10-17-2/h4-7,14H,3,8-11H2,1-2H3. The Labute approximate surface area is 109 Å². The Hall–Kier alpha value is -0.910. The van der Waals surface area contributed by atoms with Gasteiger partial charge in [0.2, 0.25) is 0 Å². The van der Waals surface area contributed by atoms with Gasteiger partial charge in [-0.25, -0.2) is 8.42 Å². The molecule has 0 atom stereocenters. The normalized spacial score (nSPS) is 11.7. The summed E-state index contributed by atoms with van der Waals surface area (Å²) < 4.78 is 28.8. The molecule has 1 N–H and O–H groups in total. The number of ether oxygens (including phenoxy) is 1. The second-order valence-electron chi connectivity index (χ2n) is 4.23. The maximum atomic E-state index is 12.0. The van der Waals surface area contributed by atoms with Gasteiger partial charge in [0.1, 0.15) is 0 Å². The van der Waals surface area contributed by atoms with Crippen molar-refractivity contribution in [1.29, 1.82) is 0 Å². The number of hydrogen-bond donors (Lipinski definition) is 1. The lowest BCUT2D eigenvalue weighted by Gasteiger charge is -2.06. The highest BCUT2D eigenvalue weighted by Gasteiger charge is 2.12. The van der Waals surface area contributed by atoms with Gasteiger partial charge in [-0.3, -0.25) is 0 Å². The molecule has 0 aromatic heterocycles. The summed E-state index contributed by atoms with van der Waals surface area (Å²) in [6.45, 7) is 3.88. The molecule has 0 heterocycles. The van der Waals surface area contributed by atoms with Crippen molar-refractivity contribution >= 4 is 9.84 Å². The fourth-order valence-corrected chi connectivity index (χ4v) is 2.74. The molecule has 0 unspecified atom stereocenters. The third-order valence-electron chi connectivity index (χ3n) is 2.63. The van der Waals surface area contributed by atoms with Crippen LogP contribution in [0.15, 0.2) is 29.2 Å². The number of hydrogen-bond acceptors (Lipinski definition) is 4. The second-order valence-corrected chi connectivity index (χ2v) is 6.34. The Morgan fingerprint density at radius 3 is 2.44 bits per heavy atom. The lowest BCUT2D eigenvalue weighted by atomic mass is 10.2. The van der Waals surface area contributed by atoms with Gasteiger partial charge < -0.3 is 10.1 Å². The van der Waals surface area contributed by atoms with Crippen LogP contribution in [-0.2, 0) is 14.6 Å². The number of rotatable bonds is 8. The second kappa shape index (κ2) is 7.51. The Bertz CT molecular complexity index is 440. The molecule has 0 saturated carbocycles. The van der Waals surface area contributed by atoms with Gasteiger partial charge in [-0.05, 0) is 32.0 Å². The number of methoxy groups -OCH3 is 1. The topological polar surface area (TPSA) is 55.4 Å². The molecule has 4 nitrogen and oxygen atoms in total. The molecule has 0 radical (unpaired) electrons. The third-order valence-corrected chi connectivity index (χ3v) is 4.36. The van der Waals surface area contributed by atoms with E-state index >= 15 is 0 Å². The Morgan fingerprint density at radius 1 is 1.17 bits per heavy atom. The fourth-order valence-electron chi connectivity index (χ4n) is 1.54. The molecule has 0 aliphatic heterocycles. The Balaban J connectivity index is 2.38. The van der Waals surface area contributed by atoms with E-state index in [0.29, 0.717) is 18.0 Å². The van der Waals surface area contributed by atoms with E-state index < -0.39 is 9.84 Å². The van der Waals surface area contributed by atoms with Crippen molar-refractivity contribution in [2.24, 2.45) is 0 Å². The summed E-state index contributed by atoms with van der Waals surface area (Å²) in [7, 11) is -1.51. The van der Waals surface area contributed by atoms with Crippen LogP contribution >= 0.6 is 0 Å². The largest absolute Gasteiger partial charge is 0.385 e. The summed E-state index contributed by atoms with van der Waals surface area (Å²) in [5.41, 5.74) is 1.06. The molecule has 0 aliphatic rings. The van der Waals surface area contributed by atoms with Crippen LogP contribution in [0.2, 0.25) is 0 Å². The minimum absolute atomic E-state index is 0.128. The van der Waals surface area contributed by atoms with Crippen LogP contribution in [0.1, 0.15) is 12.0 Å². The third kappa shape index (κ3) is 5.16. The van der Waals surface area contributed by atoms with Crippen molar-refractivity contribution < 1.29 is 13.2 Å². The van der Waals surface area contributed by atoms with E-state index in [1.54, 1.807) is 19.2 Å². The SMILES string of the molecule is COCCCNCCS(=O)(=O)c1ccc(C)cc1. The van der Waals surface area contributed by atoms with Crippen LogP contribution in [-0.4, -0.2) is 41.0 Å². The zero-order valence-electron chi connectivity index (χ0n) is 11.0. The van der Waals surface area contributed by atoms with E-state index in [9.17, 15) is 8.42 Å². The van der Waals surface area contributed by atoms with Gasteiger partial charge in [0, 0.05) is 20.3 Å². The van der Waals surface area contributed by atoms with Gasteiger partial charge in [-0.1, -0.05) is 17.7 Å². The van der Waals surface area contributed by atoms with E-state index in [-0.39, 0.29) is 5.75 Å². The van der Waals surface area contributed by atoms with Crippen LogP contribution < -0.4 is 5.32 Å². The molecule has 0 spiro atoms. The summed E-state index contributed by atoms with van der Waals surface area (Å²) in [4.78, 5) is 0.395. The zero-order chi connectivity index (χ0) is 13.4. The van der Waals surface area contributed by atoms with Crippen LogP contribution in [0.5, 0.6) is 0 Å². The monoisotopic (exact) mass is 271 g/mol.